The first kappa shape index (κ1) is 30.7. The van der Waals surface area contributed by atoms with E-state index in [1.807, 2.05) is 13.8 Å². The number of methoxy groups -OCH3 is 1. The van der Waals surface area contributed by atoms with Crippen LogP contribution < -0.4 is 14.8 Å². The molecule has 0 heterocycles. The maximum Gasteiger partial charge on any atom is 0.513 e. The Morgan fingerprint density at radius 1 is 0.861 bits per heavy atom. The van der Waals surface area contributed by atoms with Crippen LogP contribution in [0.5, 0.6) is 11.5 Å². The summed E-state index contributed by atoms with van der Waals surface area (Å²) in [6, 6.07) is 3.69. The quantitative estimate of drug-likeness (QED) is 0.222. The second-order valence-electron chi connectivity index (χ2n) is 8.27. The second-order valence-corrected chi connectivity index (χ2v) is 8.27. The summed E-state index contributed by atoms with van der Waals surface area (Å²) in [5, 5.41) is 3.03. The number of carbonyl (C=O) groups is 4. The summed E-state index contributed by atoms with van der Waals surface area (Å²) < 4.78 is 30.5. The number of ether oxygens (including phenoxy) is 6. The summed E-state index contributed by atoms with van der Waals surface area (Å²) in [5.41, 5.74) is 0.567. The molecule has 0 bridgehead atoms. The zero-order valence-electron chi connectivity index (χ0n) is 21.8. The van der Waals surface area contributed by atoms with Crippen LogP contribution in [0.15, 0.2) is 18.2 Å². The van der Waals surface area contributed by atoms with Gasteiger partial charge in [0.1, 0.15) is 12.1 Å². The van der Waals surface area contributed by atoms with Crippen molar-refractivity contribution in [2.45, 2.75) is 66.0 Å². The average Bonchev–Trinajstić information content (AvgIpc) is 2.84. The van der Waals surface area contributed by atoms with E-state index < -0.39 is 30.4 Å². The highest BCUT2D eigenvalue weighted by Crippen LogP contribution is 2.30. The Labute approximate surface area is 211 Å². The third kappa shape index (κ3) is 11.4. The molecule has 1 rings (SSSR count). The molecule has 11 nitrogen and oxygen atoms in total. The number of carbonyl (C=O) groups excluding carboxylic acids is 4. The van der Waals surface area contributed by atoms with Crippen LogP contribution in [0.2, 0.25) is 0 Å². The lowest BCUT2D eigenvalue weighted by atomic mass is 10.0. The molecule has 1 aromatic rings. The van der Waals surface area contributed by atoms with Crippen molar-refractivity contribution in [3.05, 3.63) is 23.8 Å². The molecular weight excluding hydrogens is 474 g/mol. The average molecular weight is 512 g/mol. The van der Waals surface area contributed by atoms with E-state index in [0.29, 0.717) is 18.4 Å². The molecule has 36 heavy (non-hydrogen) atoms. The monoisotopic (exact) mass is 511 g/mol. The Morgan fingerprint density at radius 2 is 1.44 bits per heavy atom. The van der Waals surface area contributed by atoms with Crippen LogP contribution >= 0.6 is 0 Å². The van der Waals surface area contributed by atoms with Crippen molar-refractivity contribution in [2.75, 3.05) is 26.9 Å². The minimum Gasteiger partial charge on any atom is -0.468 e. The van der Waals surface area contributed by atoms with E-state index in [1.165, 1.54) is 19.2 Å². The Bertz CT molecular complexity index is 870. The summed E-state index contributed by atoms with van der Waals surface area (Å²) in [7, 11) is 1.26. The topological polar surface area (TPSA) is 136 Å². The Balaban J connectivity index is 3.04. The molecule has 0 aliphatic rings. The first-order chi connectivity index (χ1) is 17.1. The largest absolute Gasteiger partial charge is 0.513 e. The molecule has 0 saturated carbocycles. The number of rotatable bonds is 14. The van der Waals surface area contributed by atoms with Gasteiger partial charge in [-0.2, -0.15) is 0 Å². The van der Waals surface area contributed by atoms with Gasteiger partial charge in [-0.3, -0.25) is 9.59 Å². The molecule has 1 aromatic carbocycles. The standard InChI is InChI=1S/C25H37NO10/c1-7-11-32-24(29)35-20-10-9-18(14-21(20)36-25(30)33-12-8-2)13-19(23(28)31-6)26-15-17(5)34-22(27)16(3)4/h9-10,14,16-17,19,26H,7-8,11-13,15H2,1-6H3/t17?,19-/m0/s1. The van der Waals surface area contributed by atoms with Gasteiger partial charge in [-0.1, -0.05) is 33.8 Å². The van der Waals surface area contributed by atoms with Crippen molar-refractivity contribution in [3.8, 4) is 11.5 Å². The molecular formula is C25H37NO10. The molecule has 0 amide bonds. The Hall–Kier alpha value is -3.34. The molecule has 0 saturated heterocycles. The lowest BCUT2D eigenvalue weighted by Gasteiger charge is -2.21. The smallest absolute Gasteiger partial charge is 0.468 e. The Kier molecular flexibility index (Phi) is 13.9. The molecule has 0 radical (unpaired) electrons. The molecule has 0 aromatic heterocycles. The van der Waals surface area contributed by atoms with Crippen molar-refractivity contribution in [3.63, 3.8) is 0 Å². The molecule has 11 heteroatoms. The number of nitrogens with one attached hydrogen (secondary N) is 1. The summed E-state index contributed by atoms with van der Waals surface area (Å²) >= 11 is 0. The molecule has 2 atom stereocenters. The number of hydrogen-bond acceptors (Lipinski definition) is 11. The van der Waals surface area contributed by atoms with Gasteiger partial charge >= 0.3 is 24.2 Å². The fourth-order valence-corrected chi connectivity index (χ4v) is 2.75. The minimum absolute atomic E-state index is 0.0508. The van der Waals surface area contributed by atoms with Crippen LogP contribution in [0.25, 0.3) is 0 Å². The zero-order valence-corrected chi connectivity index (χ0v) is 21.8. The van der Waals surface area contributed by atoms with E-state index in [4.69, 9.17) is 28.4 Å². The van der Waals surface area contributed by atoms with Gasteiger partial charge in [0.25, 0.3) is 0 Å². The van der Waals surface area contributed by atoms with Crippen LogP contribution in [0.3, 0.4) is 0 Å². The molecule has 202 valence electrons. The number of benzene rings is 1. The molecule has 1 unspecified atom stereocenters. The summed E-state index contributed by atoms with van der Waals surface area (Å²) in [5.74, 6) is -1.28. The predicted molar refractivity (Wildman–Crippen MR) is 129 cm³/mol. The van der Waals surface area contributed by atoms with Crippen molar-refractivity contribution in [2.24, 2.45) is 5.92 Å². The lowest BCUT2D eigenvalue weighted by molar-refractivity contribution is -0.151. The van der Waals surface area contributed by atoms with Crippen molar-refractivity contribution in [1.82, 2.24) is 5.32 Å². The van der Waals surface area contributed by atoms with Crippen molar-refractivity contribution in [1.29, 1.82) is 0 Å². The fraction of sp³-hybridized carbons (Fsp3) is 0.600. The predicted octanol–water partition coefficient (Wildman–Crippen LogP) is 3.80. The molecule has 1 N–H and O–H groups in total. The van der Waals surface area contributed by atoms with E-state index in [0.717, 1.165) is 0 Å². The van der Waals surface area contributed by atoms with E-state index in [1.54, 1.807) is 26.8 Å². The maximum atomic E-state index is 12.4. The summed E-state index contributed by atoms with van der Waals surface area (Å²) in [6.07, 6.45) is -1.06. The first-order valence-corrected chi connectivity index (χ1v) is 11.9. The van der Waals surface area contributed by atoms with Gasteiger partial charge in [0, 0.05) is 6.54 Å². The van der Waals surface area contributed by atoms with Crippen LogP contribution in [0.4, 0.5) is 9.59 Å². The molecule has 0 fully saturated rings. The van der Waals surface area contributed by atoms with Crippen LogP contribution in [-0.4, -0.2) is 63.3 Å². The first-order valence-electron chi connectivity index (χ1n) is 11.9. The highest BCUT2D eigenvalue weighted by Gasteiger charge is 2.23. The van der Waals surface area contributed by atoms with Crippen LogP contribution in [0.1, 0.15) is 53.0 Å². The molecule has 0 aliphatic carbocycles. The number of esters is 2. The fourth-order valence-electron chi connectivity index (χ4n) is 2.75. The SMILES string of the molecule is CCCOC(=O)Oc1ccc(C[C@H](NCC(C)OC(=O)C(C)C)C(=O)OC)cc1OC(=O)OCCC. The van der Waals surface area contributed by atoms with Crippen LogP contribution in [0, 0.1) is 5.92 Å². The normalized spacial score (nSPS) is 12.3. The zero-order chi connectivity index (χ0) is 27.1. The van der Waals surface area contributed by atoms with Gasteiger partial charge in [0.2, 0.25) is 0 Å². The van der Waals surface area contributed by atoms with Gasteiger partial charge in [-0.25, -0.2) is 9.59 Å². The third-order valence-electron chi connectivity index (χ3n) is 4.61. The molecule has 0 aliphatic heterocycles. The van der Waals surface area contributed by atoms with Gasteiger partial charge in [0.05, 0.1) is 26.2 Å². The highest BCUT2D eigenvalue weighted by molar-refractivity contribution is 5.76. The van der Waals surface area contributed by atoms with E-state index in [9.17, 15) is 19.2 Å². The Morgan fingerprint density at radius 3 is 1.97 bits per heavy atom. The highest BCUT2D eigenvalue weighted by atomic mass is 16.7. The van der Waals surface area contributed by atoms with Gasteiger partial charge < -0.3 is 33.7 Å². The van der Waals surface area contributed by atoms with E-state index in [2.05, 4.69) is 5.32 Å². The summed E-state index contributed by atoms with van der Waals surface area (Å²) in [4.78, 5) is 48.1. The maximum absolute atomic E-state index is 12.4. The second kappa shape index (κ2) is 16.4. The van der Waals surface area contributed by atoms with Crippen LogP contribution in [-0.2, 0) is 35.0 Å². The van der Waals surface area contributed by atoms with Crippen molar-refractivity contribution < 1.29 is 47.6 Å². The van der Waals surface area contributed by atoms with Crippen molar-refractivity contribution >= 4 is 24.2 Å². The number of hydrogen-bond donors (Lipinski definition) is 1. The van der Waals surface area contributed by atoms with Gasteiger partial charge in [0.15, 0.2) is 11.5 Å². The minimum atomic E-state index is -0.968. The summed E-state index contributed by atoms with van der Waals surface area (Å²) in [6.45, 7) is 9.36. The third-order valence-corrected chi connectivity index (χ3v) is 4.61. The van der Waals surface area contributed by atoms with Gasteiger partial charge in [-0.05, 0) is 43.9 Å². The van der Waals surface area contributed by atoms with Gasteiger partial charge in [-0.15, -0.1) is 0 Å². The lowest BCUT2D eigenvalue weighted by Crippen LogP contribution is -2.43. The van der Waals surface area contributed by atoms with E-state index >= 15 is 0 Å². The van der Waals surface area contributed by atoms with E-state index in [-0.39, 0.29) is 49.6 Å². The molecule has 0 spiro atoms.